The van der Waals surface area contributed by atoms with Gasteiger partial charge in [-0.2, -0.15) is 0 Å². The molecule has 3 atom stereocenters. The number of ether oxygens (including phenoxy) is 2. The smallest absolute Gasteiger partial charge is 0.309 e. The third-order valence-corrected chi connectivity index (χ3v) is 8.79. The number of likely N-dealkylation sites (tertiary alicyclic amines) is 1. The van der Waals surface area contributed by atoms with Crippen molar-refractivity contribution in [2.75, 3.05) is 43.2 Å². The van der Waals surface area contributed by atoms with E-state index in [0.29, 0.717) is 18.0 Å². The second-order valence-electron chi connectivity index (χ2n) is 11.3. The Morgan fingerprint density at radius 1 is 0.930 bits per heavy atom. The monoisotopic (exact) mass is 585 g/mol. The lowest BCUT2D eigenvalue weighted by Crippen LogP contribution is -2.35. The van der Waals surface area contributed by atoms with E-state index >= 15 is 0 Å². The van der Waals surface area contributed by atoms with Gasteiger partial charge in [-0.3, -0.25) is 14.5 Å². The molecule has 228 valence electrons. The quantitative estimate of drug-likeness (QED) is 0.259. The average molecular weight is 586 g/mol. The fourth-order valence-electron chi connectivity index (χ4n) is 6.66. The average Bonchev–Trinajstić information content (AvgIpc) is 3.64. The molecule has 5 rings (SSSR count). The van der Waals surface area contributed by atoms with Crippen LogP contribution in [0.1, 0.15) is 68.3 Å². The van der Waals surface area contributed by atoms with Gasteiger partial charge in [-0.05, 0) is 72.7 Å². The molecule has 43 heavy (non-hydrogen) atoms. The predicted octanol–water partition coefficient (Wildman–Crippen LogP) is 6.26. The third kappa shape index (κ3) is 6.34. The number of carbonyl (C=O) groups is 2. The highest BCUT2D eigenvalue weighted by Crippen LogP contribution is 2.48. The number of nitrogens with zero attached hydrogens (tertiary/aromatic N) is 2. The second-order valence-corrected chi connectivity index (χ2v) is 11.3. The molecule has 8 heteroatoms. The van der Waals surface area contributed by atoms with Crippen LogP contribution in [0.15, 0.2) is 60.7 Å². The summed E-state index contributed by atoms with van der Waals surface area (Å²) in [6.45, 7) is 11.0. The third-order valence-electron chi connectivity index (χ3n) is 8.79. The van der Waals surface area contributed by atoms with E-state index in [1.54, 1.807) is 0 Å². The molecule has 0 saturated carbocycles. The van der Waals surface area contributed by atoms with E-state index in [9.17, 15) is 14.7 Å². The standard InChI is InChI=1S/C35H43N3O5/c1-5-18-37(8-4)27-15-12-25(13-16-27)34-32(35(40)41)28(26-14-17-29-30(19-26)43-22-42-29)20-38(34)21-31(39)36-33-23(6-2)10-9-11-24(33)7-3/h9-17,19,28,32,34H,5-8,18,20-22H2,1-4H3,(H,36,39)(H,40,41)/t28-,32?,34+/m1/s1. The van der Waals surface area contributed by atoms with Crippen LogP contribution in [0.25, 0.3) is 0 Å². The summed E-state index contributed by atoms with van der Waals surface area (Å²) < 4.78 is 11.1. The first-order valence-electron chi connectivity index (χ1n) is 15.5. The van der Waals surface area contributed by atoms with Gasteiger partial charge in [-0.25, -0.2) is 0 Å². The number of rotatable bonds is 12. The summed E-state index contributed by atoms with van der Waals surface area (Å²) in [7, 11) is 0. The Morgan fingerprint density at radius 2 is 1.60 bits per heavy atom. The minimum Gasteiger partial charge on any atom is -0.481 e. The SMILES string of the molecule is CCCN(CC)c1ccc([C@H]2C(C(=O)O)[C@@H](c3ccc4c(c3)OCO4)CN2CC(=O)Nc2c(CC)cccc2CC)cc1. The van der Waals surface area contributed by atoms with Crippen molar-refractivity contribution < 1.29 is 24.2 Å². The molecule has 8 nitrogen and oxygen atoms in total. The van der Waals surface area contributed by atoms with Crippen LogP contribution >= 0.6 is 0 Å². The Hall–Kier alpha value is -4.04. The molecule has 3 aromatic rings. The maximum atomic E-state index is 13.7. The number of anilines is 2. The van der Waals surface area contributed by atoms with Crippen LogP contribution in [0.4, 0.5) is 11.4 Å². The Bertz CT molecular complexity index is 1420. The molecular formula is C35H43N3O5. The second kappa shape index (κ2) is 13.5. The summed E-state index contributed by atoms with van der Waals surface area (Å²) in [6, 6.07) is 19.5. The van der Waals surface area contributed by atoms with Crippen molar-refractivity contribution in [1.29, 1.82) is 0 Å². The van der Waals surface area contributed by atoms with Gasteiger partial charge in [0, 0.05) is 43.0 Å². The highest BCUT2D eigenvalue weighted by Gasteiger charge is 2.48. The first kappa shape index (κ1) is 30.4. The number of carboxylic acid groups (broad SMARTS) is 1. The maximum absolute atomic E-state index is 13.7. The van der Waals surface area contributed by atoms with Gasteiger partial charge in [0.15, 0.2) is 11.5 Å². The van der Waals surface area contributed by atoms with Gasteiger partial charge in [-0.15, -0.1) is 0 Å². The summed E-state index contributed by atoms with van der Waals surface area (Å²) >= 11 is 0. The van der Waals surface area contributed by atoms with E-state index in [0.717, 1.165) is 66.0 Å². The molecular weight excluding hydrogens is 542 g/mol. The van der Waals surface area contributed by atoms with Gasteiger partial charge in [0.2, 0.25) is 12.7 Å². The Balaban J connectivity index is 1.49. The number of aryl methyl sites for hydroxylation is 2. The molecule has 2 N–H and O–H groups in total. The van der Waals surface area contributed by atoms with Crippen LogP contribution in [0, 0.1) is 5.92 Å². The molecule has 0 spiro atoms. The number of para-hydroxylation sites is 1. The van der Waals surface area contributed by atoms with Crippen LogP contribution in [0.3, 0.4) is 0 Å². The lowest BCUT2D eigenvalue weighted by Gasteiger charge is -2.28. The Kier molecular flexibility index (Phi) is 9.56. The summed E-state index contributed by atoms with van der Waals surface area (Å²) in [5, 5.41) is 13.8. The van der Waals surface area contributed by atoms with Gasteiger partial charge in [0.25, 0.3) is 0 Å². The number of hydrogen-bond donors (Lipinski definition) is 2. The number of benzene rings is 3. The van der Waals surface area contributed by atoms with Crippen molar-refractivity contribution in [2.45, 2.75) is 58.9 Å². The van der Waals surface area contributed by atoms with Crippen LogP contribution in [-0.2, 0) is 22.4 Å². The fraction of sp³-hybridized carbons (Fsp3) is 0.429. The first-order chi connectivity index (χ1) is 20.9. The number of nitrogens with one attached hydrogen (secondary N) is 1. The van der Waals surface area contributed by atoms with E-state index in [-0.39, 0.29) is 25.2 Å². The first-order valence-corrected chi connectivity index (χ1v) is 15.5. The largest absolute Gasteiger partial charge is 0.481 e. The van der Waals surface area contributed by atoms with Gasteiger partial charge in [0.05, 0.1) is 12.5 Å². The molecule has 1 fully saturated rings. The van der Waals surface area contributed by atoms with Gasteiger partial charge >= 0.3 is 5.97 Å². The predicted molar refractivity (Wildman–Crippen MR) is 169 cm³/mol. The van der Waals surface area contributed by atoms with Crippen LogP contribution in [-0.4, -0.2) is 54.9 Å². The fourth-order valence-corrected chi connectivity index (χ4v) is 6.66. The van der Waals surface area contributed by atoms with Crippen LogP contribution in [0.2, 0.25) is 0 Å². The van der Waals surface area contributed by atoms with Crippen LogP contribution < -0.4 is 19.7 Å². The lowest BCUT2D eigenvalue weighted by molar-refractivity contribution is -0.143. The van der Waals surface area contributed by atoms with Crippen molar-refractivity contribution in [3.05, 3.63) is 82.9 Å². The Morgan fingerprint density at radius 3 is 2.23 bits per heavy atom. The van der Waals surface area contributed by atoms with E-state index in [1.165, 1.54) is 0 Å². The van der Waals surface area contributed by atoms with E-state index in [4.69, 9.17) is 9.47 Å². The number of carbonyl (C=O) groups excluding carboxylic acids is 1. The van der Waals surface area contributed by atoms with Crippen molar-refractivity contribution in [3.8, 4) is 11.5 Å². The molecule has 3 aromatic carbocycles. The van der Waals surface area contributed by atoms with Crippen molar-refractivity contribution in [2.24, 2.45) is 5.92 Å². The zero-order valence-corrected chi connectivity index (χ0v) is 25.6. The number of fused-ring (bicyclic) bond motifs is 1. The molecule has 0 aromatic heterocycles. The van der Waals surface area contributed by atoms with Crippen molar-refractivity contribution >= 4 is 23.3 Å². The summed E-state index contributed by atoms with van der Waals surface area (Å²) in [5.74, 6) is -0.849. The van der Waals surface area contributed by atoms with E-state index in [2.05, 4.69) is 50.0 Å². The van der Waals surface area contributed by atoms with Crippen molar-refractivity contribution in [1.82, 2.24) is 4.90 Å². The maximum Gasteiger partial charge on any atom is 0.309 e. The molecule has 1 amide bonds. The number of aliphatic carboxylic acids is 1. The van der Waals surface area contributed by atoms with Gasteiger partial charge in [-0.1, -0.05) is 57.2 Å². The Labute approximate surface area is 254 Å². The molecule has 0 bridgehead atoms. The molecule has 2 aliphatic rings. The zero-order chi connectivity index (χ0) is 30.5. The zero-order valence-electron chi connectivity index (χ0n) is 25.6. The molecule has 0 radical (unpaired) electrons. The summed E-state index contributed by atoms with van der Waals surface area (Å²) in [4.78, 5) is 31.0. The highest BCUT2D eigenvalue weighted by atomic mass is 16.7. The summed E-state index contributed by atoms with van der Waals surface area (Å²) in [6.07, 6.45) is 2.66. The lowest BCUT2D eigenvalue weighted by atomic mass is 9.82. The van der Waals surface area contributed by atoms with Crippen molar-refractivity contribution in [3.63, 3.8) is 0 Å². The van der Waals surface area contributed by atoms with Gasteiger partial charge < -0.3 is 24.8 Å². The van der Waals surface area contributed by atoms with Gasteiger partial charge in [0.1, 0.15) is 0 Å². The minimum atomic E-state index is -0.884. The molecule has 2 aliphatic heterocycles. The molecule has 2 heterocycles. The normalized spacial score (nSPS) is 19.4. The molecule has 1 saturated heterocycles. The number of amides is 1. The summed E-state index contributed by atoms with van der Waals surface area (Å²) in [5.41, 5.74) is 5.92. The van der Waals surface area contributed by atoms with E-state index < -0.39 is 17.9 Å². The molecule has 0 aliphatic carbocycles. The number of hydrogen-bond acceptors (Lipinski definition) is 6. The van der Waals surface area contributed by atoms with Crippen LogP contribution in [0.5, 0.6) is 11.5 Å². The topological polar surface area (TPSA) is 91.3 Å². The molecule has 1 unspecified atom stereocenters. The highest BCUT2D eigenvalue weighted by molar-refractivity contribution is 5.94. The van der Waals surface area contributed by atoms with E-state index in [1.807, 2.05) is 53.4 Å². The number of carboxylic acids is 1. The minimum absolute atomic E-state index is 0.0787.